The molecule has 0 aromatic heterocycles. The Labute approximate surface area is 129 Å². The highest BCUT2D eigenvalue weighted by Gasteiger charge is 2.25. The molecule has 0 amide bonds. The van der Waals surface area contributed by atoms with Crippen LogP contribution in [0.25, 0.3) is 0 Å². The highest BCUT2D eigenvalue weighted by Crippen LogP contribution is 2.34. The van der Waals surface area contributed by atoms with Gasteiger partial charge in [-0.15, -0.1) is 0 Å². The molecule has 21 heavy (non-hydrogen) atoms. The van der Waals surface area contributed by atoms with Crippen LogP contribution in [0.4, 0.5) is 11.4 Å². The Hall–Kier alpha value is -1.31. The number of nitro groups is 1. The Morgan fingerprint density at radius 3 is 2.76 bits per heavy atom. The zero-order chi connectivity index (χ0) is 15.2. The Morgan fingerprint density at radius 2 is 2.19 bits per heavy atom. The third-order valence-electron chi connectivity index (χ3n) is 3.72. The number of ether oxygens (including phenoxy) is 1. The molecule has 0 radical (unpaired) electrons. The summed E-state index contributed by atoms with van der Waals surface area (Å²) in [6.07, 6.45) is 2.02. The van der Waals surface area contributed by atoms with E-state index in [2.05, 4.69) is 9.62 Å². The van der Waals surface area contributed by atoms with Gasteiger partial charge in [-0.3, -0.25) is 14.8 Å². The third kappa shape index (κ3) is 4.09. The first-order valence-corrected chi connectivity index (χ1v) is 7.83. The summed E-state index contributed by atoms with van der Waals surface area (Å²) in [5.74, 6) is 0.560. The van der Waals surface area contributed by atoms with Crippen molar-refractivity contribution in [3.05, 3.63) is 28.3 Å². The topological polar surface area (TPSA) is 67.6 Å². The molecule has 1 aromatic carbocycles. The van der Waals surface area contributed by atoms with Crippen molar-refractivity contribution in [3.63, 3.8) is 0 Å². The molecule has 0 atom stereocenters. The van der Waals surface area contributed by atoms with E-state index in [1.807, 2.05) is 12.1 Å². The molecule has 116 valence electrons. The van der Waals surface area contributed by atoms with Crippen LogP contribution >= 0.6 is 11.9 Å². The summed E-state index contributed by atoms with van der Waals surface area (Å²) in [5, 5.41) is 11.3. The molecule has 1 heterocycles. The van der Waals surface area contributed by atoms with Crippen molar-refractivity contribution in [2.75, 3.05) is 38.8 Å². The minimum absolute atomic E-state index is 0.181. The highest BCUT2D eigenvalue weighted by molar-refractivity contribution is 7.97. The Balaban J connectivity index is 2.14. The van der Waals surface area contributed by atoms with Gasteiger partial charge in [0.25, 0.3) is 5.69 Å². The lowest BCUT2D eigenvalue weighted by molar-refractivity contribution is -0.384. The molecule has 0 bridgehead atoms. The maximum Gasteiger partial charge on any atom is 0.293 e. The molecule has 1 aromatic rings. The summed E-state index contributed by atoms with van der Waals surface area (Å²) in [6.45, 7) is 2.45. The van der Waals surface area contributed by atoms with Crippen LogP contribution in [0.3, 0.4) is 0 Å². The molecule has 0 saturated carbocycles. The smallest absolute Gasteiger partial charge is 0.293 e. The first-order valence-electron chi connectivity index (χ1n) is 7.01. The predicted octanol–water partition coefficient (Wildman–Crippen LogP) is 2.68. The SMILES string of the molecule is CNSc1ccc(N2CCC(COC)CC2)c([N+](=O)[O-])c1. The molecule has 1 aliphatic rings. The number of nitro benzene ring substituents is 1. The number of piperidine rings is 1. The standard InChI is InChI=1S/C14H21N3O3S/c1-15-21-12-3-4-13(14(9-12)17(18)19)16-7-5-11(6-8-16)10-20-2/h3-4,9,11,15H,5-8,10H2,1-2H3. The average molecular weight is 311 g/mol. The first-order chi connectivity index (χ1) is 10.2. The van der Waals surface area contributed by atoms with Crippen LogP contribution in [-0.2, 0) is 4.74 Å². The number of hydrogen-bond donors (Lipinski definition) is 1. The van der Waals surface area contributed by atoms with Crippen molar-refractivity contribution in [2.45, 2.75) is 17.7 Å². The zero-order valence-corrected chi connectivity index (χ0v) is 13.2. The van der Waals surface area contributed by atoms with E-state index >= 15 is 0 Å². The fraction of sp³-hybridized carbons (Fsp3) is 0.571. The number of anilines is 1. The van der Waals surface area contributed by atoms with Gasteiger partial charge in [0.15, 0.2) is 0 Å². The lowest BCUT2D eigenvalue weighted by atomic mass is 9.97. The van der Waals surface area contributed by atoms with E-state index in [1.54, 1.807) is 20.2 Å². The van der Waals surface area contributed by atoms with Crippen LogP contribution in [0, 0.1) is 16.0 Å². The van der Waals surface area contributed by atoms with Gasteiger partial charge in [0.05, 0.1) is 4.92 Å². The van der Waals surface area contributed by atoms with Crippen molar-refractivity contribution in [2.24, 2.45) is 5.92 Å². The number of methoxy groups -OCH3 is 1. The van der Waals surface area contributed by atoms with Crippen LogP contribution in [0.2, 0.25) is 0 Å². The van der Waals surface area contributed by atoms with E-state index < -0.39 is 0 Å². The van der Waals surface area contributed by atoms with Crippen molar-refractivity contribution in [3.8, 4) is 0 Å². The van der Waals surface area contributed by atoms with Gasteiger partial charge < -0.3 is 9.64 Å². The lowest BCUT2D eigenvalue weighted by Crippen LogP contribution is -2.35. The Kier molecular flexibility index (Phi) is 5.84. The van der Waals surface area contributed by atoms with E-state index in [4.69, 9.17) is 4.74 Å². The summed E-state index contributed by atoms with van der Waals surface area (Å²) in [4.78, 5) is 14.0. The summed E-state index contributed by atoms with van der Waals surface area (Å²) in [6, 6.07) is 5.41. The zero-order valence-electron chi connectivity index (χ0n) is 12.4. The normalized spacial score (nSPS) is 16.2. The Morgan fingerprint density at radius 1 is 1.48 bits per heavy atom. The molecule has 0 aliphatic carbocycles. The molecule has 2 rings (SSSR count). The summed E-state index contributed by atoms with van der Waals surface area (Å²) < 4.78 is 8.13. The van der Waals surface area contributed by atoms with Crippen molar-refractivity contribution < 1.29 is 9.66 Å². The van der Waals surface area contributed by atoms with Gasteiger partial charge in [0.2, 0.25) is 0 Å². The summed E-state index contributed by atoms with van der Waals surface area (Å²) in [5.41, 5.74) is 0.900. The van der Waals surface area contributed by atoms with Crippen LogP contribution in [0.5, 0.6) is 0 Å². The molecule has 1 N–H and O–H groups in total. The van der Waals surface area contributed by atoms with Crippen molar-refractivity contribution in [1.29, 1.82) is 0 Å². The molecule has 1 saturated heterocycles. The molecular formula is C14H21N3O3S. The second kappa shape index (κ2) is 7.63. The maximum absolute atomic E-state index is 11.3. The number of nitrogens with zero attached hydrogens (tertiary/aromatic N) is 2. The molecule has 1 aliphatic heterocycles. The molecular weight excluding hydrogens is 290 g/mol. The summed E-state index contributed by atoms with van der Waals surface area (Å²) >= 11 is 1.38. The molecule has 7 heteroatoms. The summed E-state index contributed by atoms with van der Waals surface area (Å²) in [7, 11) is 3.51. The molecule has 0 spiro atoms. The number of hydrogen-bond acceptors (Lipinski definition) is 6. The Bertz CT molecular complexity index is 490. The van der Waals surface area contributed by atoms with E-state index in [0.29, 0.717) is 5.92 Å². The van der Waals surface area contributed by atoms with E-state index in [1.165, 1.54) is 11.9 Å². The van der Waals surface area contributed by atoms with Gasteiger partial charge in [-0.1, -0.05) is 0 Å². The molecule has 6 nitrogen and oxygen atoms in total. The largest absolute Gasteiger partial charge is 0.384 e. The number of rotatable bonds is 6. The average Bonchev–Trinajstić information content (AvgIpc) is 2.49. The van der Waals surface area contributed by atoms with E-state index in [-0.39, 0.29) is 10.6 Å². The van der Waals surface area contributed by atoms with Gasteiger partial charge in [0.1, 0.15) is 5.69 Å². The van der Waals surface area contributed by atoms with Gasteiger partial charge >= 0.3 is 0 Å². The monoisotopic (exact) mass is 311 g/mol. The lowest BCUT2D eigenvalue weighted by Gasteiger charge is -2.33. The second-order valence-corrected chi connectivity index (χ2v) is 6.18. The van der Waals surface area contributed by atoms with Crippen LogP contribution < -0.4 is 9.62 Å². The van der Waals surface area contributed by atoms with Crippen molar-refractivity contribution >= 4 is 23.3 Å². The maximum atomic E-state index is 11.3. The fourth-order valence-electron chi connectivity index (χ4n) is 2.67. The van der Waals surface area contributed by atoms with Gasteiger partial charge in [0, 0.05) is 37.8 Å². The number of nitrogens with one attached hydrogen (secondary N) is 1. The van der Waals surface area contributed by atoms with Gasteiger partial charge in [-0.25, -0.2) is 0 Å². The highest BCUT2D eigenvalue weighted by atomic mass is 32.2. The second-order valence-electron chi connectivity index (χ2n) is 5.10. The third-order valence-corrected chi connectivity index (χ3v) is 4.41. The molecule has 0 unspecified atom stereocenters. The van der Waals surface area contributed by atoms with Gasteiger partial charge in [-0.2, -0.15) is 0 Å². The predicted molar refractivity (Wildman–Crippen MR) is 84.8 cm³/mol. The van der Waals surface area contributed by atoms with Gasteiger partial charge in [-0.05, 0) is 49.9 Å². The van der Waals surface area contributed by atoms with Crippen LogP contribution in [0.1, 0.15) is 12.8 Å². The van der Waals surface area contributed by atoms with Crippen molar-refractivity contribution in [1.82, 2.24) is 4.72 Å². The molecule has 1 fully saturated rings. The minimum atomic E-state index is -0.295. The quantitative estimate of drug-likeness (QED) is 0.495. The van der Waals surface area contributed by atoms with E-state index in [9.17, 15) is 10.1 Å². The van der Waals surface area contributed by atoms with E-state index in [0.717, 1.165) is 43.1 Å². The van der Waals surface area contributed by atoms with Crippen LogP contribution in [0.15, 0.2) is 23.1 Å². The first kappa shape index (κ1) is 16.1. The minimum Gasteiger partial charge on any atom is -0.384 e. The fourth-order valence-corrected chi connectivity index (χ4v) is 3.22. The van der Waals surface area contributed by atoms with Crippen LogP contribution in [-0.4, -0.2) is 38.8 Å². The number of benzene rings is 1.